The predicted molar refractivity (Wildman–Crippen MR) is 56.3 cm³/mol. The first kappa shape index (κ1) is 10.0. The molecule has 0 saturated heterocycles. The van der Waals surface area contributed by atoms with Crippen LogP contribution < -0.4 is 5.73 Å². The first-order valence-electron chi connectivity index (χ1n) is 4.09. The smallest absolute Gasteiger partial charge is 0.00831 e. The Hall–Kier alpha value is -0.0500. The summed E-state index contributed by atoms with van der Waals surface area (Å²) in [6, 6.07) is 2.70. The van der Waals surface area contributed by atoms with Gasteiger partial charge in [0.2, 0.25) is 0 Å². The van der Waals surface area contributed by atoms with Crippen LogP contribution in [0.15, 0.2) is 6.07 Å². The Morgan fingerprint density at radius 3 is 3.08 bits per heavy atom. The lowest BCUT2D eigenvalue weighted by atomic mass is 9.95. The van der Waals surface area contributed by atoms with Gasteiger partial charge < -0.3 is 5.73 Å². The zero-order valence-corrected chi connectivity index (χ0v) is 8.80. The van der Waals surface area contributed by atoms with Gasteiger partial charge in [-0.2, -0.15) is 0 Å². The quantitative estimate of drug-likeness (QED) is 0.688. The number of aryl methyl sites for hydroxylation is 2. The standard InChI is InChI=1S/C9H13NS.ClH/c1-6-4-7-5-8(10)2-3-9(7)11-6;/h4,8H,2-3,5,10H2,1H3;1H. The Morgan fingerprint density at radius 2 is 2.33 bits per heavy atom. The molecule has 68 valence electrons. The molecule has 2 N–H and O–H groups in total. The molecule has 0 spiro atoms. The summed E-state index contributed by atoms with van der Waals surface area (Å²) in [6.07, 6.45) is 3.47. The molecule has 1 unspecified atom stereocenters. The van der Waals surface area contributed by atoms with Gasteiger partial charge in [0.1, 0.15) is 0 Å². The van der Waals surface area contributed by atoms with E-state index in [1.807, 2.05) is 11.3 Å². The molecule has 0 amide bonds. The molecule has 2 rings (SSSR count). The van der Waals surface area contributed by atoms with Crippen molar-refractivity contribution < 1.29 is 0 Å². The molecule has 1 nitrogen and oxygen atoms in total. The highest BCUT2D eigenvalue weighted by atomic mass is 35.5. The van der Waals surface area contributed by atoms with Crippen LogP contribution in [0.1, 0.15) is 21.7 Å². The number of fused-ring (bicyclic) bond motifs is 1. The minimum absolute atomic E-state index is 0. The molecule has 1 heterocycles. The lowest BCUT2D eigenvalue weighted by Crippen LogP contribution is -2.26. The molecule has 12 heavy (non-hydrogen) atoms. The molecule has 0 bridgehead atoms. The van der Waals surface area contributed by atoms with E-state index in [0.717, 1.165) is 6.42 Å². The maximum atomic E-state index is 5.86. The van der Waals surface area contributed by atoms with E-state index in [-0.39, 0.29) is 12.4 Å². The molecule has 1 aliphatic carbocycles. The molecule has 1 aliphatic rings. The number of hydrogen-bond donors (Lipinski definition) is 1. The zero-order chi connectivity index (χ0) is 7.84. The molecular formula is C9H14ClNS. The SMILES string of the molecule is Cc1cc2c(s1)CCC(N)C2.Cl. The van der Waals surface area contributed by atoms with Gasteiger partial charge in [-0.15, -0.1) is 23.7 Å². The summed E-state index contributed by atoms with van der Waals surface area (Å²) in [5, 5.41) is 0. The van der Waals surface area contributed by atoms with Crippen molar-refractivity contribution in [2.45, 2.75) is 32.2 Å². The van der Waals surface area contributed by atoms with Crippen LogP contribution in [0.25, 0.3) is 0 Å². The van der Waals surface area contributed by atoms with Crippen LogP contribution in [0, 0.1) is 6.92 Å². The molecule has 0 radical (unpaired) electrons. The lowest BCUT2D eigenvalue weighted by Gasteiger charge is -2.17. The van der Waals surface area contributed by atoms with E-state index in [1.54, 1.807) is 4.88 Å². The van der Waals surface area contributed by atoms with Gasteiger partial charge in [-0.25, -0.2) is 0 Å². The van der Waals surface area contributed by atoms with Crippen molar-refractivity contribution in [2.24, 2.45) is 5.73 Å². The number of thiophene rings is 1. The highest BCUT2D eigenvalue weighted by Gasteiger charge is 2.16. The average molecular weight is 204 g/mol. The summed E-state index contributed by atoms with van der Waals surface area (Å²) in [5.41, 5.74) is 7.37. The monoisotopic (exact) mass is 203 g/mol. The summed E-state index contributed by atoms with van der Waals surface area (Å²) < 4.78 is 0. The van der Waals surface area contributed by atoms with Gasteiger partial charge in [-0.05, 0) is 37.8 Å². The van der Waals surface area contributed by atoms with Gasteiger partial charge >= 0.3 is 0 Å². The molecule has 3 heteroatoms. The third-order valence-electron chi connectivity index (χ3n) is 2.24. The molecule has 0 aromatic carbocycles. The van der Waals surface area contributed by atoms with Crippen molar-refractivity contribution in [3.8, 4) is 0 Å². The first-order chi connectivity index (χ1) is 5.25. The van der Waals surface area contributed by atoms with Gasteiger partial charge in [0, 0.05) is 15.8 Å². The average Bonchev–Trinajstić information content (AvgIpc) is 2.27. The van der Waals surface area contributed by atoms with E-state index in [4.69, 9.17) is 5.73 Å². The fourth-order valence-electron chi connectivity index (χ4n) is 1.70. The van der Waals surface area contributed by atoms with Crippen molar-refractivity contribution in [3.63, 3.8) is 0 Å². The van der Waals surface area contributed by atoms with Crippen LogP contribution in [0.3, 0.4) is 0 Å². The molecular weight excluding hydrogens is 190 g/mol. The normalized spacial score (nSPS) is 21.3. The summed E-state index contributed by atoms with van der Waals surface area (Å²) >= 11 is 1.94. The van der Waals surface area contributed by atoms with Crippen LogP contribution in [-0.2, 0) is 12.8 Å². The van der Waals surface area contributed by atoms with E-state index < -0.39 is 0 Å². The number of hydrogen-bond acceptors (Lipinski definition) is 2. The van der Waals surface area contributed by atoms with Crippen LogP contribution >= 0.6 is 23.7 Å². The van der Waals surface area contributed by atoms with Crippen LogP contribution in [-0.4, -0.2) is 6.04 Å². The molecule has 0 saturated carbocycles. The fourth-order valence-corrected chi connectivity index (χ4v) is 2.78. The number of nitrogens with two attached hydrogens (primary N) is 1. The van der Waals surface area contributed by atoms with Crippen molar-refractivity contribution in [1.29, 1.82) is 0 Å². The third kappa shape index (κ3) is 1.82. The lowest BCUT2D eigenvalue weighted by molar-refractivity contribution is 0.583. The van der Waals surface area contributed by atoms with Crippen LogP contribution in [0.2, 0.25) is 0 Å². The molecule has 0 fully saturated rings. The Balaban J connectivity index is 0.000000720. The summed E-state index contributed by atoms with van der Waals surface area (Å²) in [7, 11) is 0. The van der Waals surface area contributed by atoms with E-state index in [0.29, 0.717) is 6.04 Å². The fraction of sp³-hybridized carbons (Fsp3) is 0.556. The topological polar surface area (TPSA) is 26.0 Å². The second-order valence-corrected chi connectivity index (χ2v) is 4.65. The molecule has 1 aromatic rings. The van der Waals surface area contributed by atoms with Crippen LogP contribution in [0.4, 0.5) is 0 Å². The van der Waals surface area contributed by atoms with Crippen molar-refractivity contribution in [1.82, 2.24) is 0 Å². The Labute approximate surface area is 83.4 Å². The molecule has 0 aliphatic heterocycles. The highest BCUT2D eigenvalue weighted by molar-refractivity contribution is 7.12. The summed E-state index contributed by atoms with van der Waals surface area (Å²) in [4.78, 5) is 3.01. The zero-order valence-electron chi connectivity index (χ0n) is 7.17. The second kappa shape index (κ2) is 3.77. The predicted octanol–water partition coefficient (Wildman–Crippen LogP) is 2.29. The highest BCUT2D eigenvalue weighted by Crippen LogP contribution is 2.28. The minimum atomic E-state index is 0. The van der Waals surface area contributed by atoms with Gasteiger partial charge in [0.05, 0.1) is 0 Å². The summed E-state index contributed by atoms with van der Waals surface area (Å²) in [6.45, 7) is 2.18. The second-order valence-electron chi connectivity index (χ2n) is 3.31. The van der Waals surface area contributed by atoms with Crippen molar-refractivity contribution in [2.75, 3.05) is 0 Å². The Bertz CT molecular complexity index is 269. The maximum Gasteiger partial charge on any atom is 0.00831 e. The largest absolute Gasteiger partial charge is 0.327 e. The van der Waals surface area contributed by atoms with E-state index in [2.05, 4.69) is 13.0 Å². The number of rotatable bonds is 0. The Morgan fingerprint density at radius 1 is 1.58 bits per heavy atom. The van der Waals surface area contributed by atoms with Crippen molar-refractivity contribution in [3.05, 3.63) is 21.4 Å². The third-order valence-corrected chi connectivity index (χ3v) is 3.40. The minimum Gasteiger partial charge on any atom is -0.327 e. The van der Waals surface area contributed by atoms with Crippen LogP contribution in [0.5, 0.6) is 0 Å². The van der Waals surface area contributed by atoms with E-state index >= 15 is 0 Å². The first-order valence-corrected chi connectivity index (χ1v) is 4.91. The summed E-state index contributed by atoms with van der Waals surface area (Å²) in [5.74, 6) is 0. The van der Waals surface area contributed by atoms with E-state index in [9.17, 15) is 0 Å². The van der Waals surface area contributed by atoms with Gasteiger partial charge in [0.25, 0.3) is 0 Å². The van der Waals surface area contributed by atoms with Gasteiger partial charge in [0.15, 0.2) is 0 Å². The van der Waals surface area contributed by atoms with E-state index in [1.165, 1.54) is 23.3 Å². The molecule has 1 aromatic heterocycles. The Kier molecular flexibility index (Phi) is 3.16. The molecule has 1 atom stereocenters. The van der Waals surface area contributed by atoms with Crippen molar-refractivity contribution >= 4 is 23.7 Å². The van der Waals surface area contributed by atoms with Gasteiger partial charge in [-0.1, -0.05) is 0 Å². The number of halogens is 1. The van der Waals surface area contributed by atoms with Gasteiger partial charge in [-0.3, -0.25) is 0 Å². The maximum absolute atomic E-state index is 5.86.